The summed E-state index contributed by atoms with van der Waals surface area (Å²) in [5.41, 5.74) is 1.60. The zero-order chi connectivity index (χ0) is 26.4. The Morgan fingerprint density at radius 3 is 2.51 bits per heavy atom. The molecule has 2 N–H and O–H groups in total. The van der Waals surface area contributed by atoms with Crippen LogP contribution in [0.2, 0.25) is 0 Å². The van der Waals surface area contributed by atoms with E-state index in [0.29, 0.717) is 35.8 Å². The summed E-state index contributed by atoms with van der Waals surface area (Å²) < 4.78 is 65.4. The monoisotopic (exact) mass is 533 g/mol. The number of rotatable bonds is 10. The van der Waals surface area contributed by atoms with Gasteiger partial charge in [-0.3, -0.25) is 4.79 Å². The zero-order valence-corrected chi connectivity index (χ0v) is 21.2. The Morgan fingerprint density at radius 2 is 1.78 bits per heavy atom. The molecule has 0 aliphatic carbocycles. The number of ether oxygens (including phenoxy) is 2. The molecule has 2 heterocycles. The second-order valence-electron chi connectivity index (χ2n) is 8.93. The van der Waals surface area contributed by atoms with E-state index in [4.69, 9.17) is 9.47 Å². The highest BCUT2D eigenvalue weighted by Crippen LogP contribution is 2.39. The van der Waals surface area contributed by atoms with Crippen molar-refractivity contribution in [3.8, 4) is 28.4 Å². The molecule has 0 radical (unpaired) electrons. The molecular formula is C26H29F2N3O5S. The van der Waals surface area contributed by atoms with Crippen molar-refractivity contribution in [2.75, 3.05) is 26.2 Å². The molecule has 0 bridgehead atoms. The summed E-state index contributed by atoms with van der Waals surface area (Å²) in [6.07, 6.45) is 3.93. The van der Waals surface area contributed by atoms with E-state index in [2.05, 4.69) is 10.0 Å². The number of pyridine rings is 1. The number of halogens is 2. The van der Waals surface area contributed by atoms with Gasteiger partial charge in [-0.05, 0) is 68.1 Å². The van der Waals surface area contributed by atoms with Crippen LogP contribution in [0.1, 0.15) is 18.4 Å². The Balaban J connectivity index is 1.74. The predicted molar refractivity (Wildman–Crippen MR) is 137 cm³/mol. The molecule has 4 rings (SSSR count). The summed E-state index contributed by atoms with van der Waals surface area (Å²) >= 11 is 0. The van der Waals surface area contributed by atoms with Crippen molar-refractivity contribution in [2.24, 2.45) is 13.0 Å². The van der Waals surface area contributed by atoms with E-state index < -0.39 is 22.5 Å². The van der Waals surface area contributed by atoms with Gasteiger partial charge < -0.3 is 19.4 Å². The maximum Gasteiger partial charge on any atom is 0.254 e. The topological polar surface area (TPSA) is 98.7 Å². The molecule has 198 valence electrons. The first-order valence-electron chi connectivity index (χ1n) is 12.0. The number of nitrogens with one attached hydrogen (secondary N) is 2. The Hall–Kier alpha value is -3.28. The molecule has 11 heteroatoms. The maximum absolute atomic E-state index is 14.4. The van der Waals surface area contributed by atoms with Crippen LogP contribution in [-0.4, -0.2) is 39.2 Å². The van der Waals surface area contributed by atoms with Crippen molar-refractivity contribution >= 4 is 10.9 Å². The maximum atomic E-state index is 14.4. The standard InChI is InChI=1S/C26H29F2N3O5S/c1-31-15-21(25(14-26(31)32)35-16-18-6-9-29-10-7-18)20-12-17(8-11-30-37(33)34)2-4-23(20)36-24-5-3-19(27)13-22(24)28/h2-5,12-15,18,29,37H,6-11,16H2,1H3,(H,30,33,34). The highest BCUT2D eigenvalue weighted by atomic mass is 32.2. The van der Waals surface area contributed by atoms with E-state index in [1.807, 2.05) is 0 Å². The first-order valence-corrected chi connectivity index (χ1v) is 13.2. The number of hydrogen-bond acceptors (Lipinski definition) is 6. The van der Waals surface area contributed by atoms with Crippen molar-refractivity contribution in [2.45, 2.75) is 19.3 Å². The minimum absolute atomic E-state index is 0.164. The van der Waals surface area contributed by atoms with E-state index >= 15 is 0 Å². The Kier molecular flexibility index (Phi) is 8.91. The summed E-state index contributed by atoms with van der Waals surface area (Å²) in [6.45, 7) is 2.44. The summed E-state index contributed by atoms with van der Waals surface area (Å²) in [5.74, 6) is -0.778. The number of nitrogens with zero attached hydrogens (tertiary/aromatic N) is 1. The van der Waals surface area contributed by atoms with Gasteiger partial charge in [-0.2, -0.15) is 0 Å². The van der Waals surface area contributed by atoms with Crippen LogP contribution in [0.4, 0.5) is 8.78 Å². The van der Waals surface area contributed by atoms with Crippen LogP contribution in [0.3, 0.4) is 0 Å². The lowest BCUT2D eigenvalue weighted by molar-refractivity contribution is 0.215. The van der Waals surface area contributed by atoms with Gasteiger partial charge in [-0.15, -0.1) is 0 Å². The highest BCUT2D eigenvalue weighted by molar-refractivity contribution is 7.70. The van der Waals surface area contributed by atoms with Crippen molar-refractivity contribution in [1.29, 1.82) is 0 Å². The first-order chi connectivity index (χ1) is 17.8. The van der Waals surface area contributed by atoms with Gasteiger partial charge in [-0.1, -0.05) is 6.07 Å². The lowest BCUT2D eigenvalue weighted by Crippen LogP contribution is -2.30. The lowest BCUT2D eigenvalue weighted by Gasteiger charge is -2.24. The van der Waals surface area contributed by atoms with Crippen LogP contribution in [0.25, 0.3) is 11.1 Å². The molecule has 0 spiro atoms. The fourth-order valence-electron chi connectivity index (χ4n) is 4.19. The molecule has 0 unspecified atom stereocenters. The van der Waals surface area contributed by atoms with Crippen LogP contribution in [0, 0.1) is 17.6 Å². The smallest absolute Gasteiger partial charge is 0.254 e. The molecule has 0 amide bonds. The van der Waals surface area contributed by atoms with Crippen molar-refractivity contribution in [1.82, 2.24) is 14.6 Å². The molecule has 1 aromatic heterocycles. The molecule has 1 fully saturated rings. The van der Waals surface area contributed by atoms with Crippen LogP contribution in [-0.2, 0) is 24.4 Å². The van der Waals surface area contributed by atoms with Crippen molar-refractivity contribution in [3.05, 3.63) is 76.2 Å². The summed E-state index contributed by atoms with van der Waals surface area (Å²) in [4.78, 5) is 12.5. The number of thiol groups is 1. The van der Waals surface area contributed by atoms with E-state index in [-0.39, 0.29) is 23.6 Å². The van der Waals surface area contributed by atoms with Gasteiger partial charge in [0, 0.05) is 43.0 Å². The number of aryl methyl sites for hydroxylation is 1. The highest BCUT2D eigenvalue weighted by Gasteiger charge is 2.19. The number of aromatic nitrogens is 1. The molecule has 1 aliphatic heterocycles. The largest absolute Gasteiger partial charge is 0.492 e. The second kappa shape index (κ2) is 12.3. The Morgan fingerprint density at radius 1 is 1.03 bits per heavy atom. The summed E-state index contributed by atoms with van der Waals surface area (Å²) in [6, 6.07) is 9.60. The fourth-order valence-corrected chi connectivity index (χ4v) is 4.48. The average molecular weight is 534 g/mol. The first kappa shape index (κ1) is 26.8. The molecule has 37 heavy (non-hydrogen) atoms. The SMILES string of the molecule is Cn1cc(-c2cc(CCN[SH](=O)=O)ccc2Oc2ccc(F)cc2F)c(OCC2CCNCC2)cc1=O. The molecule has 3 aromatic rings. The number of hydrogen-bond donors (Lipinski definition) is 3. The predicted octanol–water partition coefficient (Wildman–Crippen LogP) is 3.16. The van der Waals surface area contributed by atoms with Gasteiger partial charge in [0.1, 0.15) is 17.3 Å². The summed E-state index contributed by atoms with van der Waals surface area (Å²) in [5, 5.41) is 3.31. The van der Waals surface area contributed by atoms with Crippen molar-refractivity contribution in [3.63, 3.8) is 0 Å². The number of piperidine rings is 1. The Labute approximate surface area is 215 Å². The van der Waals surface area contributed by atoms with E-state index in [1.165, 1.54) is 16.7 Å². The summed E-state index contributed by atoms with van der Waals surface area (Å²) in [7, 11) is -1.12. The van der Waals surface area contributed by atoms with Gasteiger partial charge in [0.2, 0.25) is 10.9 Å². The van der Waals surface area contributed by atoms with Crippen LogP contribution in [0.15, 0.2) is 53.5 Å². The third kappa shape index (κ3) is 7.15. The van der Waals surface area contributed by atoms with Gasteiger partial charge in [-0.25, -0.2) is 21.9 Å². The van der Waals surface area contributed by atoms with Gasteiger partial charge in [0.25, 0.3) is 5.56 Å². The van der Waals surface area contributed by atoms with Crippen LogP contribution in [0.5, 0.6) is 17.2 Å². The van der Waals surface area contributed by atoms with E-state index in [9.17, 15) is 22.0 Å². The van der Waals surface area contributed by atoms with Gasteiger partial charge in [0.15, 0.2) is 11.6 Å². The normalized spacial score (nSPS) is 14.2. The minimum Gasteiger partial charge on any atom is -0.492 e. The van der Waals surface area contributed by atoms with Crippen molar-refractivity contribution < 1.29 is 26.7 Å². The third-order valence-electron chi connectivity index (χ3n) is 6.23. The molecule has 1 aliphatic rings. The lowest BCUT2D eigenvalue weighted by atomic mass is 9.99. The third-order valence-corrected chi connectivity index (χ3v) is 6.71. The second-order valence-corrected chi connectivity index (χ2v) is 9.76. The molecule has 2 aromatic carbocycles. The van der Waals surface area contributed by atoms with E-state index in [0.717, 1.165) is 43.6 Å². The molecular weight excluding hydrogens is 504 g/mol. The Bertz CT molecular complexity index is 1380. The molecule has 0 atom stereocenters. The minimum atomic E-state index is -2.73. The molecule has 8 nitrogen and oxygen atoms in total. The molecule has 1 saturated heterocycles. The van der Waals surface area contributed by atoms with E-state index in [1.54, 1.807) is 31.4 Å². The van der Waals surface area contributed by atoms with Gasteiger partial charge in [0.05, 0.1) is 6.61 Å². The fraction of sp³-hybridized carbons (Fsp3) is 0.346. The average Bonchev–Trinajstić information content (AvgIpc) is 2.87. The molecule has 0 saturated carbocycles. The van der Waals surface area contributed by atoms with Crippen LogP contribution < -0.4 is 25.1 Å². The zero-order valence-electron chi connectivity index (χ0n) is 20.3. The number of benzene rings is 2. The van der Waals surface area contributed by atoms with Gasteiger partial charge >= 0.3 is 0 Å². The van der Waals surface area contributed by atoms with Crippen LogP contribution >= 0.6 is 0 Å². The quantitative estimate of drug-likeness (QED) is 0.347.